The number of carbonyl (C=O) groups is 2. The highest BCUT2D eigenvalue weighted by atomic mass is 19.3. The molecule has 5 fully saturated rings. The van der Waals surface area contributed by atoms with E-state index in [9.17, 15) is 27.6 Å². The number of hydrogen-bond acceptors (Lipinski definition) is 4. The summed E-state index contributed by atoms with van der Waals surface area (Å²) in [6.07, 6.45) is 6.88. The molecule has 4 saturated carbocycles. The van der Waals surface area contributed by atoms with E-state index in [0.717, 1.165) is 36.3 Å². The number of piperidine rings is 1. The first kappa shape index (κ1) is 27.3. The van der Waals surface area contributed by atoms with Crippen LogP contribution in [0.2, 0.25) is 0 Å². The average molecular weight is 582 g/mol. The van der Waals surface area contributed by atoms with Crippen LogP contribution in [-0.2, 0) is 4.79 Å². The van der Waals surface area contributed by atoms with Gasteiger partial charge in [-0.1, -0.05) is 6.92 Å². The van der Waals surface area contributed by atoms with Gasteiger partial charge in [0.2, 0.25) is 11.3 Å². The number of benzene rings is 1. The third-order valence-electron chi connectivity index (χ3n) is 9.99. The molecule has 1 aromatic carbocycles. The number of pyridine rings is 2. The van der Waals surface area contributed by atoms with E-state index in [1.165, 1.54) is 42.2 Å². The molecule has 2 atom stereocenters. The molecule has 1 saturated heterocycles. The summed E-state index contributed by atoms with van der Waals surface area (Å²) in [6.45, 7) is 1.43. The van der Waals surface area contributed by atoms with Crippen LogP contribution in [0.5, 0.6) is 0 Å². The van der Waals surface area contributed by atoms with Crippen molar-refractivity contribution in [1.29, 1.82) is 0 Å². The summed E-state index contributed by atoms with van der Waals surface area (Å²) in [7, 11) is 0. The van der Waals surface area contributed by atoms with Gasteiger partial charge in [0.15, 0.2) is 11.4 Å². The van der Waals surface area contributed by atoms with E-state index in [2.05, 4.69) is 11.9 Å². The topological polar surface area (TPSA) is 72.3 Å². The highest BCUT2D eigenvalue weighted by Crippen LogP contribution is 2.66. The molecular weight excluding hydrogens is 550 g/mol. The lowest BCUT2D eigenvalue weighted by Crippen LogP contribution is -2.51. The number of fused-ring (bicyclic) bond motifs is 1. The lowest BCUT2D eigenvalue weighted by Gasteiger charge is -2.61. The molecule has 2 aromatic heterocycles. The Morgan fingerprint density at radius 1 is 1.05 bits per heavy atom. The van der Waals surface area contributed by atoms with Crippen molar-refractivity contribution in [2.24, 2.45) is 22.7 Å². The standard InChI is InChI=1S/C32H31F4N3O3/c1-30-10-18-8-19(11-30)13-31(12-18,16-30)14-25(40)22-15-38(24-4-2-20(33)9-23(24)34)29-21(28(22)42)3-5-26(37-29)39-17-32(35,36)7-6-27(39)41/h2-5,9,15,18-19H,6-8,10-14,16-17H2,1H3. The smallest absolute Gasteiger partial charge is 0.266 e. The van der Waals surface area contributed by atoms with Crippen LogP contribution < -0.4 is 10.3 Å². The minimum absolute atomic E-state index is 0.0259. The molecule has 8 rings (SSSR count). The van der Waals surface area contributed by atoms with Crippen molar-refractivity contribution in [2.75, 3.05) is 11.4 Å². The van der Waals surface area contributed by atoms with Gasteiger partial charge in [-0.3, -0.25) is 23.9 Å². The predicted molar refractivity (Wildman–Crippen MR) is 148 cm³/mol. The Balaban J connectivity index is 1.34. The van der Waals surface area contributed by atoms with E-state index < -0.39 is 41.9 Å². The second-order valence-electron chi connectivity index (χ2n) is 13.6. The minimum atomic E-state index is -3.11. The summed E-state index contributed by atoms with van der Waals surface area (Å²) >= 11 is 0. The Morgan fingerprint density at radius 2 is 1.79 bits per heavy atom. The summed E-state index contributed by atoms with van der Waals surface area (Å²) in [6, 6.07) is 5.51. The highest BCUT2D eigenvalue weighted by molar-refractivity contribution is 6.00. The third-order valence-corrected chi connectivity index (χ3v) is 9.99. The van der Waals surface area contributed by atoms with E-state index in [-0.39, 0.29) is 57.6 Å². The molecule has 0 N–H and O–H groups in total. The first-order valence-electron chi connectivity index (χ1n) is 14.6. The fourth-order valence-electron chi connectivity index (χ4n) is 9.01. The van der Waals surface area contributed by atoms with Gasteiger partial charge in [-0.05, 0) is 85.5 Å². The number of ketones is 1. The second kappa shape index (κ2) is 9.22. The fraction of sp³-hybridized carbons (Fsp3) is 0.500. The van der Waals surface area contributed by atoms with Gasteiger partial charge in [-0.25, -0.2) is 22.5 Å². The zero-order valence-corrected chi connectivity index (χ0v) is 23.3. The summed E-state index contributed by atoms with van der Waals surface area (Å²) in [5.41, 5.74) is -0.984. The summed E-state index contributed by atoms with van der Waals surface area (Å²) in [5.74, 6) is -4.73. The number of nitrogens with zero attached hydrogens (tertiary/aromatic N) is 3. The molecule has 2 unspecified atom stereocenters. The molecule has 6 nitrogen and oxygen atoms in total. The predicted octanol–water partition coefficient (Wildman–Crippen LogP) is 6.61. The van der Waals surface area contributed by atoms with Crippen LogP contribution in [0.1, 0.15) is 75.1 Å². The SMILES string of the molecule is CC12CC3CC(C1)CC(CC(=O)c1cn(-c4ccc(F)cc4F)c4nc(N5CC(F)(F)CCC5=O)ccc4c1=O)(C3)C2. The molecule has 220 valence electrons. The highest BCUT2D eigenvalue weighted by Gasteiger charge is 2.56. The number of carbonyl (C=O) groups excluding carboxylic acids is 2. The zero-order chi connectivity index (χ0) is 29.6. The van der Waals surface area contributed by atoms with Crippen LogP contribution >= 0.6 is 0 Å². The van der Waals surface area contributed by atoms with Gasteiger partial charge in [0.25, 0.3) is 5.92 Å². The minimum Gasteiger partial charge on any atom is -0.297 e. The van der Waals surface area contributed by atoms with Gasteiger partial charge >= 0.3 is 0 Å². The van der Waals surface area contributed by atoms with Gasteiger partial charge in [0.05, 0.1) is 23.2 Å². The van der Waals surface area contributed by atoms with E-state index >= 15 is 4.39 Å². The van der Waals surface area contributed by atoms with Gasteiger partial charge in [0, 0.05) is 31.5 Å². The molecule has 0 radical (unpaired) electrons. The number of rotatable bonds is 5. The van der Waals surface area contributed by atoms with E-state index in [1.807, 2.05) is 0 Å². The molecule has 4 bridgehead atoms. The van der Waals surface area contributed by atoms with Crippen LogP contribution in [0.25, 0.3) is 16.7 Å². The molecule has 1 amide bonds. The molecule has 5 aliphatic rings. The monoisotopic (exact) mass is 581 g/mol. The number of anilines is 1. The average Bonchev–Trinajstić information content (AvgIpc) is 2.89. The Hall–Kier alpha value is -3.56. The Bertz CT molecular complexity index is 1700. The number of Topliss-reactive ketones (excluding diaryl/α,β-unsaturated/α-hetero) is 1. The van der Waals surface area contributed by atoms with Gasteiger partial charge in [-0.15, -0.1) is 0 Å². The first-order valence-corrected chi connectivity index (χ1v) is 14.6. The molecular formula is C32H31F4N3O3. The van der Waals surface area contributed by atoms with Gasteiger partial charge < -0.3 is 0 Å². The second-order valence-corrected chi connectivity index (χ2v) is 13.6. The molecule has 0 spiro atoms. The van der Waals surface area contributed by atoms with Crippen molar-refractivity contribution in [2.45, 2.75) is 70.6 Å². The third kappa shape index (κ3) is 4.54. The van der Waals surface area contributed by atoms with Crippen molar-refractivity contribution < 1.29 is 27.2 Å². The maximum Gasteiger partial charge on any atom is 0.266 e. The number of aromatic nitrogens is 2. The largest absolute Gasteiger partial charge is 0.297 e. The summed E-state index contributed by atoms with van der Waals surface area (Å²) < 4.78 is 58.6. The normalized spacial score (nSPS) is 29.8. The molecule has 3 heterocycles. The number of alkyl halides is 2. The van der Waals surface area contributed by atoms with Crippen molar-refractivity contribution in [3.8, 4) is 5.69 Å². The van der Waals surface area contributed by atoms with Crippen LogP contribution in [0.3, 0.4) is 0 Å². The number of hydrogen-bond donors (Lipinski definition) is 0. The van der Waals surface area contributed by atoms with E-state index in [1.54, 1.807) is 0 Å². The van der Waals surface area contributed by atoms with Crippen LogP contribution in [0.4, 0.5) is 23.4 Å². The fourth-order valence-corrected chi connectivity index (χ4v) is 9.01. The first-order chi connectivity index (χ1) is 19.8. The van der Waals surface area contributed by atoms with Crippen molar-refractivity contribution in [3.63, 3.8) is 0 Å². The van der Waals surface area contributed by atoms with Gasteiger partial charge in [-0.2, -0.15) is 0 Å². The molecule has 1 aliphatic heterocycles. The number of amides is 1. The molecule has 3 aromatic rings. The van der Waals surface area contributed by atoms with Crippen LogP contribution in [0.15, 0.2) is 41.3 Å². The van der Waals surface area contributed by atoms with Crippen LogP contribution in [-0.4, -0.2) is 33.7 Å². The Labute approximate surface area is 239 Å². The van der Waals surface area contributed by atoms with Crippen molar-refractivity contribution in [1.82, 2.24) is 9.55 Å². The molecule has 42 heavy (non-hydrogen) atoms. The zero-order valence-electron chi connectivity index (χ0n) is 23.3. The van der Waals surface area contributed by atoms with Crippen molar-refractivity contribution in [3.05, 3.63) is 63.9 Å². The summed E-state index contributed by atoms with van der Waals surface area (Å²) in [4.78, 5) is 45.5. The maximum atomic E-state index is 15.1. The van der Waals surface area contributed by atoms with Gasteiger partial charge in [0.1, 0.15) is 17.5 Å². The maximum absolute atomic E-state index is 15.1. The van der Waals surface area contributed by atoms with E-state index in [4.69, 9.17) is 0 Å². The molecule has 10 heteroatoms. The Morgan fingerprint density at radius 3 is 2.48 bits per heavy atom. The number of halogens is 4. The quantitative estimate of drug-likeness (QED) is 0.251. The Kier molecular flexibility index (Phi) is 5.99. The van der Waals surface area contributed by atoms with Crippen molar-refractivity contribution >= 4 is 28.5 Å². The van der Waals surface area contributed by atoms with E-state index in [0.29, 0.717) is 17.9 Å². The van der Waals surface area contributed by atoms with Crippen LogP contribution in [0, 0.1) is 34.3 Å². The molecule has 4 aliphatic carbocycles. The lowest BCUT2D eigenvalue weighted by atomic mass is 9.44. The summed E-state index contributed by atoms with van der Waals surface area (Å²) in [5, 5.41) is -0.0259. The lowest BCUT2D eigenvalue weighted by molar-refractivity contribution is -0.125.